The van der Waals surface area contributed by atoms with Crippen molar-refractivity contribution in [3.8, 4) is 11.1 Å². The number of carbonyl (C=O) groups excluding carboxylic acids is 1. The number of aromatic nitrogens is 2. The van der Waals surface area contributed by atoms with Crippen LogP contribution in [0.2, 0.25) is 0 Å². The van der Waals surface area contributed by atoms with E-state index in [2.05, 4.69) is 56.1 Å². The summed E-state index contributed by atoms with van der Waals surface area (Å²) < 4.78 is 11.0. The summed E-state index contributed by atoms with van der Waals surface area (Å²) in [5, 5.41) is 16.0. The van der Waals surface area contributed by atoms with Gasteiger partial charge in [0.05, 0.1) is 19.4 Å². The van der Waals surface area contributed by atoms with Crippen molar-refractivity contribution < 1.29 is 14.3 Å². The van der Waals surface area contributed by atoms with E-state index in [1.54, 1.807) is 29.5 Å². The van der Waals surface area contributed by atoms with Gasteiger partial charge in [0.25, 0.3) is 0 Å². The van der Waals surface area contributed by atoms with Crippen LogP contribution in [0.5, 0.6) is 0 Å². The van der Waals surface area contributed by atoms with E-state index >= 15 is 0 Å². The summed E-state index contributed by atoms with van der Waals surface area (Å²) in [6.07, 6.45) is 0.943. The van der Waals surface area contributed by atoms with Crippen LogP contribution in [0.4, 0.5) is 16.3 Å². The second-order valence-corrected chi connectivity index (χ2v) is 11.9. The number of nitrogens with zero attached hydrogens (tertiary/aromatic N) is 4. The maximum Gasteiger partial charge on any atom is 0.410 e. The maximum absolute atomic E-state index is 12.5. The van der Waals surface area contributed by atoms with Crippen LogP contribution < -0.4 is 16.0 Å². The van der Waals surface area contributed by atoms with Gasteiger partial charge in [-0.1, -0.05) is 30.3 Å². The molecule has 4 aromatic rings. The molecule has 3 N–H and O–H groups in total. The molecule has 40 heavy (non-hydrogen) atoms. The lowest BCUT2D eigenvalue weighted by Crippen LogP contribution is -2.36. The zero-order chi connectivity index (χ0) is 28.3. The smallest absolute Gasteiger partial charge is 0.410 e. The molecule has 9 nitrogen and oxygen atoms in total. The zero-order valence-corrected chi connectivity index (χ0v) is 24.2. The molecule has 1 aliphatic heterocycles. The van der Waals surface area contributed by atoms with Gasteiger partial charge in [-0.05, 0) is 61.0 Å². The van der Waals surface area contributed by atoms with Gasteiger partial charge >= 0.3 is 6.09 Å². The molecule has 1 atom stereocenters. The second-order valence-electron chi connectivity index (χ2n) is 10.9. The predicted octanol–water partition coefficient (Wildman–Crippen LogP) is 5.63. The van der Waals surface area contributed by atoms with Gasteiger partial charge in [0.2, 0.25) is 0 Å². The molecule has 3 heterocycles. The van der Waals surface area contributed by atoms with Crippen molar-refractivity contribution in [1.29, 1.82) is 0 Å². The Morgan fingerprint density at radius 3 is 2.75 bits per heavy atom. The average molecular weight is 561 g/mol. The summed E-state index contributed by atoms with van der Waals surface area (Å²) in [6.45, 7) is 9.20. The van der Waals surface area contributed by atoms with Crippen molar-refractivity contribution in [3.63, 3.8) is 0 Å². The maximum atomic E-state index is 12.5. The van der Waals surface area contributed by atoms with Crippen LogP contribution >= 0.6 is 11.3 Å². The van der Waals surface area contributed by atoms with Gasteiger partial charge in [-0.25, -0.2) is 4.79 Å². The molecule has 210 valence electrons. The van der Waals surface area contributed by atoms with E-state index < -0.39 is 11.8 Å². The topological polar surface area (TPSA) is 106 Å². The molecular weight excluding hydrogens is 524 g/mol. The highest BCUT2D eigenvalue weighted by Gasteiger charge is 2.21. The minimum absolute atomic E-state index is 0.354. The SMILES string of the molecule is CN(Cc1ccccc1-c1csc([C@H](N)Nc2nncc3ccc(N4CCOCC4)cc23)c1)C(=O)OC(C)(C)C. The normalized spacial score (nSPS) is 14.7. The Hall–Kier alpha value is -3.73. The monoisotopic (exact) mass is 560 g/mol. The van der Waals surface area contributed by atoms with E-state index in [0.29, 0.717) is 12.4 Å². The number of fused-ring (bicyclic) bond motifs is 1. The highest BCUT2D eigenvalue weighted by atomic mass is 32.1. The summed E-state index contributed by atoms with van der Waals surface area (Å²) >= 11 is 1.58. The third-order valence-electron chi connectivity index (χ3n) is 6.68. The van der Waals surface area contributed by atoms with Crippen LogP contribution in [-0.4, -0.2) is 60.1 Å². The summed E-state index contributed by atoms with van der Waals surface area (Å²) in [5.74, 6) is 0.648. The van der Waals surface area contributed by atoms with E-state index in [1.807, 2.05) is 39.0 Å². The quantitative estimate of drug-likeness (QED) is 0.280. The predicted molar refractivity (Wildman–Crippen MR) is 161 cm³/mol. The van der Waals surface area contributed by atoms with E-state index in [1.165, 1.54) is 0 Å². The van der Waals surface area contributed by atoms with Gasteiger partial charge in [0.1, 0.15) is 11.8 Å². The Balaban J connectivity index is 1.34. The third kappa shape index (κ3) is 6.52. The highest BCUT2D eigenvalue weighted by molar-refractivity contribution is 7.10. The second kappa shape index (κ2) is 11.8. The third-order valence-corrected chi connectivity index (χ3v) is 7.70. The van der Waals surface area contributed by atoms with Gasteiger partial charge in [-0.3, -0.25) is 0 Å². The van der Waals surface area contributed by atoms with Gasteiger partial charge in [0.15, 0.2) is 5.82 Å². The van der Waals surface area contributed by atoms with Crippen LogP contribution in [0.1, 0.15) is 37.4 Å². The largest absolute Gasteiger partial charge is 0.444 e. The van der Waals surface area contributed by atoms with Gasteiger partial charge in [0, 0.05) is 48.0 Å². The van der Waals surface area contributed by atoms with Crippen molar-refractivity contribution >= 4 is 39.7 Å². The van der Waals surface area contributed by atoms with Crippen LogP contribution in [0.25, 0.3) is 21.9 Å². The Kier molecular flexibility index (Phi) is 8.20. The van der Waals surface area contributed by atoms with Crippen LogP contribution in [-0.2, 0) is 16.0 Å². The lowest BCUT2D eigenvalue weighted by atomic mass is 10.0. The lowest BCUT2D eigenvalue weighted by Gasteiger charge is -2.29. The molecule has 10 heteroatoms. The molecule has 0 bridgehead atoms. The molecular formula is C30H36N6O3S. The number of nitrogens with one attached hydrogen (secondary N) is 1. The fourth-order valence-electron chi connectivity index (χ4n) is 4.66. The molecule has 0 unspecified atom stereocenters. The van der Waals surface area contributed by atoms with E-state index in [4.69, 9.17) is 15.2 Å². The number of thiophene rings is 1. The summed E-state index contributed by atoms with van der Waals surface area (Å²) in [7, 11) is 1.75. The fourth-order valence-corrected chi connectivity index (χ4v) is 5.52. The molecule has 5 rings (SSSR count). The Morgan fingerprint density at radius 2 is 1.98 bits per heavy atom. The number of nitrogens with two attached hydrogens (primary N) is 1. The first-order valence-corrected chi connectivity index (χ1v) is 14.3. The van der Waals surface area contributed by atoms with Crippen LogP contribution in [0.15, 0.2) is 60.1 Å². The lowest BCUT2D eigenvalue weighted by molar-refractivity contribution is 0.0285. The zero-order valence-electron chi connectivity index (χ0n) is 23.4. The first-order chi connectivity index (χ1) is 19.2. The first-order valence-electron chi connectivity index (χ1n) is 13.4. The molecule has 1 aliphatic rings. The Bertz CT molecular complexity index is 1480. The number of carbonyl (C=O) groups is 1. The number of morpholine rings is 1. The standard InChI is InChI=1S/C30H36N6O3S/c1-30(2,3)39-29(37)35(4)18-21-7-5-6-8-24(21)22-15-26(40-19-22)27(31)33-28-25-16-23(36-11-13-38-14-12-36)10-9-20(25)17-32-34-28/h5-10,15-17,19,27H,11-14,18,31H2,1-4H3,(H,33,34)/t27-/m1/s1. The molecule has 1 amide bonds. The van der Waals surface area contributed by atoms with Crippen molar-refractivity contribution in [1.82, 2.24) is 15.1 Å². The molecule has 1 saturated heterocycles. The van der Waals surface area contributed by atoms with Gasteiger partial charge in [-0.15, -0.1) is 16.4 Å². The van der Waals surface area contributed by atoms with Crippen molar-refractivity contribution in [2.24, 2.45) is 5.73 Å². The van der Waals surface area contributed by atoms with E-state index in [0.717, 1.165) is 64.3 Å². The number of rotatable bonds is 7. The number of hydrogen-bond acceptors (Lipinski definition) is 9. The first kappa shape index (κ1) is 27.8. The minimum atomic E-state index is -0.547. The number of benzene rings is 2. The van der Waals surface area contributed by atoms with E-state index in [9.17, 15) is 4.79 Å². The number of anilines is 2. The van der Waals surface area contributed by atoms with Crippen molar-refractivity contribution in [2.75, 3.05) is 43.6 Å². The van der Waals surface area contributed by atoms with Gasteiger partial charge < -0.3 is 30.3 Å². The Labute approximate surface area is 238 Å². The Morgan fingerprint density at radius 1 is 1.20 bits per heavy atom. The molecule has 0 aliphatic carbocycles. The fraction of sp³-hybridized carbons (Fsp3) is 0.367. The number of ether oxygens (including phenoxy) is 2. The molecule has 1 fully saturated rings. The van der Waals surface area contributed by atoms with Crippen LogP contribution in [0, 0.1) is 0 Å². The minimum Gasteiger partial charge on any atom is -0.444 e. The molecule has 2 aromatic carbocycles. The van der Waals surface area contributed by atoms with Crippen LogP contribution in [0.3, 0.4) is 0 Å². The molecule has 2 aromatic heterocycles. The van der Waals surface area contributed by atoms with Gasteiger partial charge in [-0.2, -0.15) is 5.10 Å². The molecule has 0 spiro atoms. The number of hydrogen-bond donors (Lipinski definition) is 2. The van der Waals surface area contributed by atoms with E-state index in [-0.39, 0.29) is 6.09 Å². The summed E-state index contributed by atoms with van der Waals surface area (Å²) in [5.41, 5.74) is 10.3. The average Bonchev–Trinajstić information content (AvgIpc) is 3.43. The summed E-state index contributed by atoms with van der Waals surface area (Å²) in [6, 6.07) is 16.5. The molecule has 0 saturated carbocycles. The molecule has 0 radical (unpaired) electrons. The van der Waals surface area contributed by atoms with Crippen molar-refractivity contribution in [3.05, 3.63) is 70.5 Å². The summed E-state index contributed by atoms with van der Waals surface area (Å²) in [4.78, 5) is 17.4. The van der Waals surface area contributed by atoms with Crippen molar-refractivity contribution in [2.45, 2.75) is 39.1 Å². The number of amides is 1. The highest BCUT2D eigenvalue weighted by Crippen LogP contribution is 2.33.